The zero-order valence-electron chi connectivity index (χ0n) is 15.3. The molecule has 7 nitrogen and oxygen atoms in total. The van der Waals surface area contributed by atoms with E-state index in [1.165, 1.54) is 12.1 Å². The minimum Gasteiger partial charge on any atom is -0.484 e. The summed E-state index contributed by atoms with van der Waals surface area (Å²) in [6.07, 6.45) is 0.331. The third kappa shape index (κ3) is 5.61. The molecule has 2 amide bonds. The Kier molecular flexibility index (Phi) is 6.56. The second-order valence-corrected chi connectivity index (χ2v) is 6.50. The predicted molar refractivity (Wildman–Crippen MR) is 104 cm³/mol. The van der Waals surface area contributed by atoms with Crippen LogP contribution in [0.4, 0.5) is 4.39 Å². The summed E-state index contributed by atoms with van der Waals surface area (Å²) >= 11 is 5.58. The van der Waals surface area contributed by atoms with Crippen molar-refractivity contribution in [2.75, 3.05) is 19.9 Å². The molecule has 1 aliphatic rings. The number of amides is 2. The molecule has 0 saturated heterocycles. The maximum atomic E-state index is 13.3. The van der Waals surface area contributed by atoms with Gasteiger partial charge in [-0.25, -0.2) is 4.39 Å². The SMILES string of the molecule is C=C(CCNC(=O)COc1ccc(Cl)c(F)c1)NC(=O)c1ccc2c(c1)OCO2. The fraction of sp³-hybridized carbons (Fsp3) is 0.200. The van der Waals surface area contributed by atoms with Crippen molar-refractivity contribution >= 4 is 23.4 Å². The van der Waals surface area contributed by atoms with Crippen molar-refractivity contribution in [1.29, 1.82) is 0 Å². The van der Waals surface area contributed by atoms with Crippen molar-refractivity contribution in [3.05, 3.63) is 65.1 Å². The van der Waals surface area contributed by atoms with Crippen LogP contribution in [0.2, 0.25) is 5.02 Å². The Hall–Kier alpha value is -3.26. The van der Waals surface area contributed by atoms with Crippen LogP contribution < -0.4 is 24.8 Å². The Labute approximate surface area is 171 Å². The molecule has 0 atom stereocenters. The number of benzene rings is 2. The lowest BCUT2D eigenvalue weighted by atomic mass is 10.2. The van der Waals surface area contributed by atoms with E-state index in [1.807, 2.05) is 0 Å². The van der Waals surface area contributed by atoms with E-state index >= 15 is 0 Å². The molecule has 0 aromatic heterocycles. The molecule has 9 heteroatoms. The highest BCUT2D eigenvalue weighted by atomic mass is 35.5. The highest BCUT2D eigenvalue weighted by Crippen LogP contribution is 2.32. The lowest BCUT2D eigenvalue weighted by Crippen LogP contribution is -2.31. The van der Waals surface area contributed by atoms with E-state index < -0.39 is 11.7 Å². The number of carbonyl (C=O) groups is 2. The van der Waals surface area contributed by atoms with Crippen LogP contribution in [0, 0.1) is 5.82 Å². The molecular formula is C20H18ClFN2O5. The van der Waals surface area contributed by atoms with Crippen molar-refractivity contribution in [2.24, 2.45) is 0 Å². The molecule has 29 heavy (non-hydrogen) atoms. The highest BCUT2D eigenvalue weighted by molar-refractivity contribution is 6.30. The normalized spacial score (nSPS) is 11.7. The molecule has 0 fully saturated rings. The third-order valence-corrected chi connectivity index (χ3v) is 4.24. The summed E-state index contributed by atoms with van der Waals surface area (Å²) in [5.74, 6) is -0.0627. The van der Waals surface area contributed by atoms with E-state index in [2.05, 4.69) is 17.2 Å². The molecule has 0 unspecified atom stereocenters. The second-order valence-electron chi connectivity index (χ2n) is 6.09. The molecule has 1 aliphatic heterocycles. The minimum atomic E-state index is -0.626. The number of carbonyl (C=O) groups excluding carboxylic acids is 2. The largest absolute Gasteiger partial charge is 0.484 e. The van der Waals surface area contributed by atoms with E-state index in [0.29, 0.717) is 29.2 Å². The lowest BCUT2D eigenvalue weighted by Gasteiger charge is -2.10. The summed E-state index contributed by atoms with van der Waals surface area (Å²) in [6, 6.07) is 8.78. The van der Waals surface area contributed by atoms with Gasteiger partial charge in [0.2, 0.25) is 6.79 Å². The number of ether oxygens (including phenoxy) is 3. The van der Waals surface area contributed by atoms with Gasteiger partial charge in [-0.05, 0) is 30.3 Å². The maximum absolute atomic E-state index is 13.3. The van der Waals surface area contributed by atoms with E-state index in [9.17, 15) is 14.0 Å². The molecule has 1 heterocycles. The minimum absolute atomic E-state index is 0.0249. The predicted octanol–water partition coefficient (Wildman–Crippen LogP) is 3.04. The van der Waals surface area contributed by atoms with Crippen LogP contribution in [-0.2, 0) is 4.79 Å². The van der Waals surface area contributed by atoms with E-state index in [0.717, 1.165) is 6.07 Å². The number of hydrogen-bond acceptors (Lipinski definition) is 5. The summed E-state index contributed by atoms with van der Waals surface area (Å²) in [5.41, 5.74) is 0.844. The quantitative estimate of drug-likeness (QED) is 0.685. The highest BCUT2D eigenvalue weighted by Gasteiger charge is 2.16. The summed E-state index contributed by atoms with van der Waals surface area (Å²) < 4.78 is 29.0. The average molecular weight is 421 g/mol. The first kappa shape index (κ1) is 20.5. The zero-order valence-corrected chi connectivity index (χ0v) is 16.1. The topological polar surface area (TPSA) is 85.9 Å². The van der Waals surface area contributed by atoms with Gasteiger partial charge in [-0.1, -0.05) is 18.2 Å². The van der Waals surface area contributed by atoms with Crippen LogP contribution in [0.25, 0.3) is 0 Å². The molecule has 0 bridgehead atoms. The van der Waals surface area contributed by atoms with Crippen LogP contribution in [0.15, 0.2) is 48.7 Å². The van der Waals surface area contributed by atoms with Crippen molar-refractivity contribution in [3.8, 4) is 17.2 Å². The summed E-state index contributed by atoms with van der Waals surface area (Å²) in [5, 5.41) is 5.26. The van der Waals surface area contributed by atoms with Crippen LogP contribution in [0.5, 0.6) is 17.2 Å². The van der Waals surface area contributed by atoms with Gasteiger partial charge in [0.15, 0.2) is 18.1 Å². The first-order valence-corrected chi connectivity index (χ1v) is 9.03. The first-order chi connectivity index (χ1) is 13.9. The standard InChI is InChI=1S/C20H18ClFN2O5/c1-12(24-20(26)13-2-5-17-18(8-13)29-11-28-17)6-7-23-19(25)10-27-14-3-4-15(21)16(22)9-14/h2-5,8-9H,1,6-7,10-11H2,(H,23,25)(H,24,26). The van der Waals surface area contributed by atoms with Gasteiger partial charge < -0.3 is 24.8 Å². The Morgan fingerprint density at radius 2 is 1.97 bits per heavy atom. The molecule has 2 aromatic carbocycles. The maximum Gasteiger partial charge on any atom is 0.257 e. The number of nitrogens with one attached hydrogen (secondary N) is 2. The molecule has 0 spiro atoms. The zero-order chi connectivity index (χ0) is 20.8. The summed E-state index contributed by atoms with van der Waals surface area (Å²) in [6.45, 7) is 3.87. The summed E-state index contributed by atoms with van der Waals surface area (Å²) in [7, 11) is 0. The van der Waals surface area contributed by atoms with Crippen molar-refractivity contribution in [3.63, 3.8) is 0 Å². The fourth-order valence-electron chi connectivity index (χ4n) is 2.45. The molecule has 152 valence electrons. The fourth-order valence-corrected chi connectivity index (χ4v) is 2.57. The molecule has 2 N–H and O–H groups in total. The third-order valence-electron chi connectivity index (χ3n) is 3.94. The van der Waals surface area contributed by atoms with Crippen molar-refractivity contribution in [2.45, 2.75) is 6.42 Å². The molecule has 0 saturated carbocycles. The second kappa shape index (κ2) is 9.29. The van der Waals surface area contributed by atoms with Gasteiger partial charge in [0.05, 0.1) is 5.02 Å². The Bertz CT molecular complexity index is 950. The molecule has 0 aliphatic carbocycles. The van der Waals surface area contributed by atoms with Gasteiger partial charge in [-0.3, -0.25) is 9.59 Å². The Balaban J connectivity index is 1.37. The monoisotopic (exact) mass is 420 g/mol. The van der Waals surface area contributed by atoms with Crippen LogP contribution in [0.1, 0.15) is 16.8 Å². The first-order valence-electron chi connectivity index (χ1n) is 8.65. The van der Waals surface area contributed by atoms with E-state index in [1.54, 1.807) is 18.2 Å². The molecule has 0 radical (unpaired) electrons. The van der Waals surface area contributed by atoms with Crippen LogP contribution in [0.3, 0.4) is 0 Å². The molecule has 3 rings (SSSR count). The van der Waals surface area contributed by atoms with Crippen LogP contribution in [-0.4, -0.2) is 31.8 Å². The lowest BCUT2D eigenvalue weighted by molar-refractivity contribution is -0.123. The smallest absolute Gasteiger partial charge is 0.257 e. The van der Waals surface area contributed by atoms with Gasteiger partial charge in [0.25, 0.3) is 11.8 Å². The van der Waals surface area contributed by atoms with Crippen molar-refractivity contribution in [1.82, 2.24) is 10.6 Å². The van der Waals surface area contributed by atoms with Crippen LogP contribution >= 0.6 is 11.6 Å². The number of hydrogen-bond donors (Lipinski definition) is 2. The molecular weight excluding hydrogens is 403 g/mol. The van der Waals surface area contributed by atoms with Gasteiger partial charge in [-0.15, -0.1) is 0 Å². The van der Waals surface area contributed by atoms with E-state index in [4.69, 9.17) is 25.8 Å². The average Bonchev–Trinajstić information content (AvgIpc) is 3.16. The van der Waals surface area contributed by atoms with Gasteiger partial charge in [0, 0.05) is 30.3 Å². The van der Waals surface area contributed by atoms with Gasteiger partial charge >= 0.3 is 0 Å². The Morgan fingerprint density at radius 1 is 1.17 bits per heavy atom. The Morgan fingerprint density at radius 3 is 2.76 bits per heavy atom. The number of halogens is 2. The molecule has 2 aromatic rings. The summed E-state index contributed by atoms with van der Waals surface area (Å²) in [4.78, 5) is 24.1. The number of fused-ring (bicyclic) bond motifs is 1. The number of rotatable bonds is 8. The van der Waals surface area contributed by atoms with Gasteiger partial charge in [-0.2, -0.15) is 0 Å². The van der Waals surface area contributed by atoms with Crippen molar-refractivity contribution < 1.29 is 28.2 Å². The van der Waals surface area contributed by atoms with Gasteiger partial charge in [0.1, 0.15) is 11.6 Å². The van der Waals surface area contributed by atoms with E-state index in [-0.39, 0.29) is 36.6 Å².